The van der Waals surface area contributed by atoms with Crippen LogP contribution >= 0.6 is 0 Å². The van der Waals surface area contributed by atoms with Crippen LogP contribution in [0.15, 0.2) is 43.0 Å². The van der Waals surface area contributed by atoms with Gasteiger partial charge >= 0.3 is 0 Å². The minimum absolute atomic E-state index is 0.0613. The van der Waals surface area contributed by atoms with Crippen molar-refractivity contribution in [2.75, 3.05) is 38.1 Å². The molecule has 1 aromatic heterocycles. The first-order valence-electron chi connectivity index (χ1n) is 10.5. The molecule has 0 radical (unpaired) electrons. The lowest BCUT2D eigenvalue weighted by Crippen LogP contribution is -3.09. The monoisotopic (exact) mass is 398 g/mol. The van der Waals surface area contributed by atoms with Crippen molar-refractivity contribution >= 4 is 17.5 Å². The van der Waals surface area contributed by atoms with Crippen LogP contribution in [0.2, 0.25) is 0 Å². The van der Waals surface area contributed by atoms with E-state index in [2.05, 4.69) is 30.3 Å². The predicted molar refractivity (Wildman–Crippen MR) is 113 cm³/mol. The van der Waals surface area contributed by atoms with E-state index in [-0.39, 0.29) is 18.2 Å². The molecule has 1 aromatic carbocycles. The Hall–Kier alpha value is -2.67. The van der Waals surface area contributed by atoms with E-state index >= 15 is 0 Å². The first-order chi connectivity index (χ1) is 14.1. The fourth-order valence-electron chi connectivity index (χ4n) is 3.79. The Morgan fingerprint density at radius 1 is 1.28 bits per heavy atom. The summed E-state index contributed by atoms with van der Waals surface area (Å²) in [5.41, 5.74) is 2.12. The Balaban J connectivity index is 1.61. The van der Waals surface area contributed by atoms with Gasteiger partial charge in [-0.3, -0.25) is 9.59 Å². The number of amides is 2. The van der Waals surface area contributed by atoms with Gasteiger partial charge in [0.05, 0.1) is 39.4 Å². The Labute approximate surface area is 172 Å². The van der Waals surface area contributed by atoms with Crippen LogP contribution in [0.5, 0.6) is 0 Å². The quantitative estimate of drug-likeness (QED) is 0.623. The number of hydrogen-bond acceptors (Lipinski definition) is 3. The van der Waals surface area contributed by atoms with E-state index in [9.17, 15) is 9.59 Å². The van der Waals surface area contributed by atoms with Crippen molar-refractivity contribution in [3.8, 4) is 0 Å². The molecule has 2 N–H and O–H groups in total. The molecule has 0 aliphatic carbocycles. The molecule has 0 bridgehead atoms. The highest BCUT2D eigenvalue weighted by atomic mass is 16.2. The summed E-state index contributed by atoms with van der Waals surface area (Å²) in [7, 11) is 2.14. The lowest BCUT2D eigenvalue weighted by molar-refractivity contribution is -0.878. The first-order valence-corrected chi connectivity index (χ1v) is 10.5. The number of benzene rings is 1. The number of quaternary nitrogens is 1. The lowest BCUT2D eigenvalue weighted by Gasteiger charge is -2.25. The molecule has 0 saturated carbocycles. The number of likely N-dealkylation sites (N-methyl/N-ethyl adjacent to an activating group) is 1. The Morgan fingerprint density at radius 3 is 2.86 bits per heavy atom. The number of unbranched alkanes of at least 4 members (excludes halogenated alkanes) is 1. The highest BCUT2D eigenvalue weighted by molar-refractivity contribution is 6.00. The maximum Gasteiger partial charge on any atom is 0.250 e. The fourth-order valence-corrected chi connectivity index (χ4v) is 3.79. The number of nitrogens with one attached hydrogen (secondary N) is 2. The van der Waals surface area contributed by atoms with Crippen LogP contribution in [-0.2, 0) is 16.0 Å². The number of aromatic nitrogens is 2. The van der Waals surface area contributed by atoms with Crippen LogP contribution in [0.1, 0.15) is 37.8 Å². The SMILES string of the molecule is CCCC[NH+](C)CCNC(=O)CC(C(=O)N1CCc2ccccc21)n1ccnc1. The van der Waals surface area contributed by atoms with Gasteiger partial charge in [0.1, 0.15) is 6.04 Å². The molecule has 0 spiro atoms. The molecule has 2 amide bonds. The molecular formula is C22H32N5O2+. The second-order valence-corrected chi connectivity index (χ2v) is 7.76. The van der Waals surface area contributed by atoms with E-state index < -0.39 is 6.04 Å². The summed E-state index contributed by atoms with van der Waals surface area (Å²) in [4.78, 5) is 33.2. The molecule has 2 heterocycles. The maximum absolute atomic E-state index is 13.3. The van der Waals surface area contributed by atoms with Crippen LogP contribution in [0.25, 0.3) is 0 Å². The van der Waals surface area contributed by atoms with E-state index in [1.807, 2.05) is 18.2 Å². The smallest absolute Gasteiger partial charge is 0.250 e. The van der Waals surface area contributed by atoms with Crippen molar-refractivity contribution in [3.05, 3.63) is 48.5 Å². The molecule has 2 aromatic rings. The van der Waals surface area contributed by atoms with Crippen LogP contribution in [0, 0.1) is 0 Å². The number of para-hydroxylation sites is 1. The number of hydrogen-bond donors (Lipinski definition) is 2. The molecule has 0 saturated heterocycles. The van der Waals surface area contributed by atoms with Crippen molar-refractivity contribution in [2.24, 2.45) is 0 Å². The van der Waals surface area contributed by atoms with E-state index in [1.165, 1.54) is 23.3 Å². The van der Waals surface area contributed by atoms with Crippen LogP contribution in [0.3, 0.4) is 0 Å². The van der Waals surface area contributed by atoms with Crippen molar-refractivity contribution in [1.29, 1.82) is 0 Å². The van der Waals surface area contributed by atoms with Crippen LogP contribution < -0.4 is 15.1 Å². The number of carbonyl (C=O) groups excluding carboxylic acids is 2. The zero-order valence-corrected chi connectivity index (χ0v) is 17.4. The number of fused-ring (bicyclic) bond motifs is 1. The topological polar surface area (TPSA) is 71.7 Å². The third-order valence-electron chi connectivity index (χ3n) is 5.53. The summed E-state index contributed by atoms with van der Waals surface area (Å²) >= 11 is 0. The highest BCUT2D eigenvalue weighted by Crippen LogP contribution is 2.30. The second kappa shape index (κ2) is 10.2. The number of imidazole rings is 1. The minimum Gasteiger partial charge on any atom is -0.350 e. The lowest BCUT2D eigenvalue weighted by atomic mass is 10.1. The molecular weight excluding hydrogens is 366 g/mol. The fraction of sp³-hybridized carbons (Fsp3) is 0.500. The van der Waals surface area contributed by atoms with Gasteiger partial charge in [0, 0.05) is 24.6 Å². The van der Waals surface area contributed by atoms with E-state index in [0.717, 1.165) is 25.2 Å². The molecule has 7 heteroatoms. The summed E-state index contributed by atoms with van der Waals surface area (Å²) in [6, 6.07) is 7.38. The average molecular weight is 399 g/mol. The molecule has 1 aliphatic rings. The summed E-state index contributed by atoms with van der Waals surface area (Å²) < 4.78 is 1.74. The van der Waals surface area contributed by atoms with Crippen molar-refractivity contribution in [3.63, 3.8) is 0 Å². The molecule has 156 valence electrons. The van der Waals surface area contributed by atoms with Gasteiger partial charge in [-0.15, -0.1) is 0 Å². The van der Waals surface area contributed by atoms with Gasteiger partial charge in [0.25, 0.3) is 5.91 Å². The largest absolute Gasteiger partial charge is 0.350 e. The number of carbonyl (C=O) groups is 2. The van der Waals surface area contributed by atoms with Gasteiger partial charge in [-0.1, -0.05) is 31.5 Å². The van der Waals surface area contributed by atoms with Crippen molar-refractivity contribution < 1.29 is 14.5 Å². The molecule has 0 fully saturated rings. The molecule has 2 unspecified atom stereocenters. The normalized spacial score (nSPS) is 15.0. The van der Waals surface area contributed by atoms with Gasteiger partial charge in [-0.2, -0.15) is 0 Å². The predicted octanol–water partition coefficient (Wildman–Crippen LogP) is 0.835. The van der Waals surface area contributed by atoms with Crippen molar-refractivity contribution in [1.82, 2.24) is 14.9 Å². The third kappa shape index (κ3) is 5.44. The van der Waals surface area contributed by atoms with Gasteiger partial charge in [-0.25, -0.2) is 4.98 Å². The Kier molecular flexibility index (Phi) is 7.41. The van der Waals surface area contributed by atoms with Gasteiger partial charge in [0.2, 0.25) is 5.91 Å². The van der Waals surface area contributed by atoms with E-state index in [4.69, 9.17) is 0 Å². The summed E-state index contributed by atoms with van der Waals surface area (Å²) in [6.07, 6.45) is 8.33. The highest BCUT2D eigenvalue weighted by Gasteiger charge is 2.32. The number of nitrogens with zero attached hydrogens (tertiary/aromatic N) is 3. The summed E-state index contributed by atoms with van der Waals surface area (Å²) in [5, 5.41) is 2.98. The van der Waals surface area contributed by atoms with Crippen LogP contribution in [-0.4, -0.2) is 54.6 Å². The first kappa shape index (κ1) is 21.0. The Morgan fingerprint density at radius 2 is 2.10 bits per heavy atom. The van der Waals surface area contributed by atoms with Crippen molar-refractivity contribution in [2.45, 2.75) is 38.6 Å². The minimum atomic E-state index is -0.589. The Bertz CT molecular complexity index is 805. The summed E-state index contributed by atoms with van der Waals surface area (Å²) in [6.45, 7) is 5.44. The van der Waals surface area contributed by atoms with E-state index in [0.29, 0.717) is 13.1 Å². The number of rotatable bonds is 10. The molecule has 7 nitrogen and oxygen atoms in total. The van der Waals surface area contributed by atoms with Gasteiger partial charge in [-0.05, 0) is 24.5 Å². The van der Waals surface area contributed by atoms with E-state index in [1.54, 1.807) is 28.2 Å². The standard InChI is InChI=1S/C22H31N5O2/c1-3-4-12-25(2)14-11-24-21(28)16-20(26-15-10-23-17-26)22(29)27-13-9-18-7-5-6-8-19(18)27/h5-8,10,15,17,20H,3-4,9,11-14,16H2,1-2H3,(H,24,28)/p+1. The second-order valence-electron chi connectivity index (χ2n) is 7.76. The molecule has 3 rings (SSSR count). The van der Waals surface area contributed by atoms with Gasteiger partial charge < -0.3 is 19.7 Å². The molecule has 1 aliphatic heterocycles. The summed E-state index contributed by atoms with van der Waals surface area (Å²) in [5.74, 6) is -0.165. The zero-order chi connectivity index (χ0) is 20.6. The average Bonchev–Trinajstić information content (AvgIpc) is 3.40. The van der Waals surface area contributed by atoms with Crippen LogP contribution in [0.4, 0.5) is 5.69 Å². The maximum atomic E-state index is 13.3. The zero-order valence-electron chi connectivity index (χ0n) is 17.4. The molecule has 2 atom stereocenters. The van der Waals surface area contributed by atoms with Gasteiger partial charge in [0.15, 0.2) is 0 Å². The number of anilines is 1. The third-order valence-corrected chi connectivity index (χ3v) is 5.53. The molecule has 29 heavy (non-hydrogen) atoms.